The van der Waals surface area contributed by atoms with Gasteiger partial charge in [-0.05, 0) is 37.1 Å². The van der Waals surface area contributed by atoms with E-state index in [1.807, 2.05) is 19.9 Å². The Bertz CT molecular complexity index is 579. The van der Waals surface area contributed by atoms with Crippen LogP contribution in [0.1, 0.15) is 28.4 Å². The Hall–Kier alpha value is -1.85. The van der Waals surface area contributed by atoms with Crippen molar-refractivity contribution in [2.45, 2.75) is 19.9 Å². The van der Waals surface area contributed by atoms with Crippen molar-refractivity contribution < 1.29 is 8.78 Å². The molecular formula is C14H15F2N3. The van der Waals surface area contributed by atoms with Crippen LogP contribution in [0.4, 0.5) is 8.78 Å². The number of rotatable bonds is 3. The van der Waals surface area contributed by atoms with E-state index in [2.05, 4.69) is 10.4 Å². The summed E-state index contributed by atoms with van der Waals surface area (Å²) in [5.74, 6) is 4.16. The summed E-state index contributed by atoms with van der Waals surface area (Å²) in [7, 11) is 0. The average Bonchev–Trinajstić information content (AvgIpc) is 2.35. The van der Waals surface area contributed by atoms with Crippen molar-refractivity contribution in [3.8, 4) is 0 Å². The summed E-state index contributed by atoms with van der Waals surface area (Å²) in [5.41, 5.74) is 4.63. The largest absolute Gasteiger partial charge is 0.271 e. The molecule has 1 atom stereocenters. The minimum atomic E-state index is -0.818. The first-order valence-corrected chi connectivity index (χ1v) is 5.87. The number of hydrogen-bond acceptors (Lipinski definition) is 3. The van der Waals surface area contributed by atoms with E-state index in [1.54, 1.807) is 6.20 Å². The molecule has 3 N–H and O–H groups in total. The highest BCUT2D eigenvalue weighted by Crippen LogP contribution is 2.27. The summed E-state index contributed by atoms with van der Waals surface area (Å²) < 4.78 is 27.6. The molecule has 0 amide bonds. The number of halogens is 2. The lowest BCUT2D eigenvalue weighted by atomic mass is 9.99. The minimum absolute atomic E-state index is 0.121. The Morgan fingerprint density at radius 1 is 1.21 bits per heavy atom. The molecule has 1 heterocycles. The van der Waals surface area contributed by atoms with Crippen LogP contribution in [-0.4, -0.2) is 4.98 Å². The maximum Gasteiger partial charge on any atom is 0.131 e. The van der Waals surface area contributed by atoms with E-state index in [0.29, 0.717) is 5.69 Å². The monoisotopic (exact) mass is 263 g/mol. The maximum atomic E-state index is 13.8. The second-order valence-electron chi connectivity index (χ2n) is 4.45. The molecule has 1 unspecified atom stereocenters. The third-order valence-electron chi connectivity index (χ3n) is 2.98. The molecule has 2 aromatic rings. The van der Waals surface area contributed by atoms with Gasteiger partial charge in [-0.25, -0.2) is 14.2 Å². The molecule has 0 radical (unpaired) electrons. The molecule has 0 aliphatic rings. The molecule has 5 heteroatoms. The predicted molar refractivity (Wildman–Crippen MR) is 69.2 cm³/mol. The topological polar surface area (TPSA) is 50.9 Å². The van der Waals surface area contributed by atoms with Gasteiger partial charge in [0.15, 0.2) is 0 Å². The summed E-state index contributed by atoms with van der Waals surface area (Å²) in [6.07, 6.45) is 1.64. The Labute approximate surface area is 110 Å². The van der Waals surface area contributed by atoms with Crippen LogP contribution in [0.5, 0.6) is 0 Å². The smallest absolute Gasteiger partial charge is 0.131 e. The summed E-state index contributed by atoms with van der Waals surface area (Å²) >= 11 is 0. The fourth-order valence-corrected chi connectivity index (χ4v) is 2.11. The standard InChI is InChI=1S/C14H15F2N3/c1-8-6-9(2)13(18-7-8)14(19-17)12-10(15)4-3-5-11(12)16/h3-7,14,19H,17H2,1-2H3. The highest BCUT2D eigenvalue weighted by Gasteiger charge is 2.23. The number of pyridine rings is 1. The van der Waals surface area contributed by atoms with Gasteiger partial charge >= 0.3 is 0 Å². The van der Waals surface area contributed by atoms with Crippen LogP contribution < -0.4 is 11.3 Å². The summed E-state index contributed by atoms with van der Waals surface area (Å²) in [6, 6.07) is 4.79. The first kappa shape index (κ1) is 13.6. The molecule has 0 saturated carbocycles. The lowest BCUT2D eigenvalue weighted by molar-refractivity contribution is 0.504. The average molecular weight is 263 g/mol. The van der Waals surface area contributed by atoms with Crippen molar-refractivity contribution in [1.82, 2.24) is 10.4 Å². The van der Waals surface area contributed by atoms with Crippen LogP contribution >= 0.6 is 0 Å². The number of hydrazine groups is 1. The first-order valence-electron chi connectivity index (χ1n) is 5.87. The van der Waals surface area contributed by atoms with Gasteiger partial charge in [0, 0.05) is 11.8 Å². The molecule has 0 saturated heterocycles. The summed E-state index contributed by atoms with van der Waals surface area (Å²) in [6.45, 7) is 3.73. The maximum absolute atomic E-state index is 13.8. The Morgan fingerprint density at radius 3 is 2.37 bits per heavy atom. The van der Waals surface area contributed by atoms with Crippen molar-refractivity contribution in [2.24, 2.45) is 5.84 Å². The highest BCUT2D eigenvalue weighted by atomic mass is 19.1. The van der Waals surface area contributed by atoms with Crippen LogP contribution in [0, 0.1) is 25.5 Å². The normalized spacial score (nSPS) is 12.5. The van der Waals surface area contributed by atoms with Gasteiger partial charge in [-0.1, -0.05) is 12.1 Å². The number of aromatic nitrogens is 1. The van der Waals surface area contributed by atoms with Gasteiger partial charge in [0.05, 0.1) is 11.7 Å². The minimum Gasteiger partial charge on any atom is -0.271 e. The van der Waals surface area contributed by atoms with E-state index >= 15 is 0 Å². The molecule has 3 nitrogen and oxygen atoms in total. The van der Waals surface area contributed by atoms with E-state index in [1.165, 1.54) is 18.2 Å². The van der Waals surface area contributed by atoms with E-state index in [0.717, 1.165) is 11.1 Å². The molecule has 0 bridgehead atoms. The number of nitrogens with one attached hydrogen (secondary N) is 1. The van der Waals surface area contributed by atoms with Crippen LogP contribution in [0.15, 0.2) is 30.5 Å². The predicted octanol–water partition coefficient (Wildman–Crippen LogP) is 2.53. The third kappa shape index (κ3) is 2.62. The van der Waals surface area contributed by atoms with E-state index < -0.39 is 17.7 Å². The molecule has 1 aromatic heterocycles. The van der Waals surface area contributed by atoms with Crippen molar-refractivity contribution in [3.63, 3.8) is 0 Å². The lowest BCUT2D eigenvalue weighted by Gasteiger charge is -2.19. The van der Waals surface area contributed by atoms with Crippen LogP contribution in [0.25, 0.3) is 0 Å². The quantitative estimate of drug-likeness (QED) is 0.661. The molecule has 100 valence electrons. The van der Waals surface area contributed by atoms with Crippen molar-refractivity contribution in [3.05, 3.63) is 64.5 Å². The fourth-order valence-electron chi connectivity index (χ4n) is 2.11. The lowest BCUT2D eigenvalue weighted by Crippen LogP contribution is -2.31. The Balaban J connectivity index is 2.56. The van der Waals surface area contributed by atoms with Gasteiger partial charge < -0.3 is 0 Å². The zero-order valence-electron chi connectivity index (χ0n) is 10.7. The van der Waals surface area contributed by atoms with Crippen molar-refractivity contribution in [1.29, 1.82) is 0 Å². The van der Waals surface area contributed by atoms with Gasteiger partial charge in [0.1, 0.15) is 11.6 Å². The molecule has 0 spiro atoms. The van der Waals surface area contributed by atoms with Crippen molar-refractivity contribution >= 4 is 0 Å². The zero-order chi connectivity index (χ0) is 14.0. The van der Waals surface area contributed by atoms with Gasteiger partial charge in [-0.2, -0.15) is 0 Å². The number of nitrogens with zero attached hydrogens (tertiary/aromatic N) is 1. The Kier molecular flexibility index (Phi) is 3.87. The van der Waals surface area contributed by atoms with E-state index in [4.69, 9.17) is 5.84 Å². The number of aryl methyl sites for hydroxylation is 2. The SMILES string of the molecule is Cc1cnc(C(NN)c2c(F)cccc2F)c(C)c1. The number of hydrogen-bond donors (Lipinski definition) is 2. The van der Waals surface area contributed by atoms with Gasteiger partial charge in [0.2, 0.25) is 0 Å². The van der Waals surface area contributed by atoms with Crippen LogP contribution in [0.2, 0.25) is 0 Å². The molecule has 0 fully saturated rings. The van der Waals surface area contributed by atoms with Gasteiger partial charge in [0.25, 0.3) is 0 Å². The Morgan fingerprint density at radius 2 is 1.84 bits per heavy atom. The fraction of sp³-hybridized carbons (Fsp3) is 0.214. The summed E-state index contributed by atoms with van der Waals surface area (Å²) in [4.78, 5) is 4.23. The van der Waals surface area contributed by atoms with E-state index in [-0.39, 0.29) is 5.56 Å². The number of nitrogens with two attached hydrogens (primary N) is 1. The van der Waals surface area contributed by atoms with Gasteiger partial charge in [-0.15, -0.1) is 0 Å². The second-order valence-corrected chi connectivity index (χ2v) is 4.45. The van der Waals surface area contributed by atoms with Gasteiger partial charge in [-0.3, -0.25) is 10.8 Å². The summed E-state index contributed by atoms with van der Waals surface area (Å²) in [5, 5.41) is 0. The molecular weight excluding hydrogens is 248 g/mol. The first-order chi connectivity index (χ1) is 9.04. The highest BCUT2D eigenvalue weighted by molar-refractivity contribution is 5.35. The molecule has 1 aromatic carbocycles. The second kappa shape index (κ2) is 5.42. The number of benzene rings is 1. The van der Waals surface area contributed by atoms with Crippen LogP contribution in [0.3, 0.4) is 0 Å². The molecule has 0 aliphatic heterocycles. The molecule has 0 aliphatic carbocycles. The third-order valence-corrected chi connectivity index (χ3v) is 2.98. The molecule has 19 heavy (non-hydrogen) atoms. The zero-order valence-corrected chi connectivity index (χ0v) is 10.7. The molecule has 2 rings (SSSR count). The van der Waals surface area contributed by atoms with Crippen molar-refractivity contribution in [2.75, 3.05) is 0 Å². The van der Waals surface area contributed by atoms with Crippen LogP contribution in [-0.2, 0) is 0 Å². The van der Waals surface area contributed by atoms with E-state index in [9.17, 15) is 8.78 Å².